The molecule has 0 unspecified atom stereocenters. The van der Waals surface area contributed by atoms with Crippen molar-refractivity contribution in [3.8, 4) is 0 Å². The number of quaternary nitrogens is 1. The number of unbranched alkanes of at least 4 members (excludes halogenated alkanes) is 1. The van der Waals surface area contributed by atoms with Crippen LogP contribution in [0.1, 0.15) is 37.8 Å². The molecule has 5 heteroatoms. The van der Waals surface area contributed by atoms with Gasteiger partial charge < -0.3 is 4.48 Å². The molecule has 0 aliphatic carbocycles. The summed E-state index contributed by atoms with van der Waals surface area (Å²) in [5.41, 5.74) is 2.39. The fourth-order valence-corrected chi connectivity index (χ4v) is 3.35. The maximum atomic E-state index is 10.8. The molecule has 1 aromatic carbocycles. The molecule has 0 aliphatic rings. The largest absolute Gasteiger partial charge is 0.320 e. The van der Waals surface area contributed by atoms with Gasteiger partial charge in [0.1, 0.15) is 6.54 Å². The monoisotopic (exact) mass is 326 g/mol. The highest BCUT2D eigenvalue weighted by atomic mass is 32.2. The van der Waals surface area contributed by atoms with Crippen LogP contribution in [0.2, 0.25) is 0 Å². The predicted molar refractivity (Wildman–Crippen MR) is 92.1 cm³/mol. The number of rotatable bonds is 10. The molecule has 0 atom stereocenters. The van der Waals surface area contributed by atoms with Gasteiger partial charge in [0.25, 0.3) is 10.1 Å². The minimum absolute atomic E-state index is 0.146. The molecule has 0 aliphatic heterocycles. The second-order valence-electron chi connectivity index (χ2n) is 5.80. The summed E-state index contributed by atoms with van der Waals surface area (Å²) < 4.78 is 31.3. The highest BCUT2D eigenvalue weighted by Crippen LogP contribution is 2.18. The molecule has 0 fully saturated rings. The van der Waals surface area contributed by atoms with Crippen LogP contribution in [0.25, 0.3) is 6.08 Å². The van der Waals surface area contributed by atoms with Crippen molar-refractivity contribution in [1.82, 2.24) is 0 Å². The minimum atomic E-state index is -3.84. The Bertz CT molecular complexity index is 577. The molecule has 22 heavy (non-hydrogen) atoms. The van der Waals surface area contributed by atoms with E-state index in [1.54, 1.807) is 0 Å². The number of nitrogens with zero attached hydrogens (tertiary/aromatic N) is 1. The first-order valence-electron chi connectivity index (χ1n) is 7.86. The van der Waals surface area contributed by atoms with Crippen LogP contribution in [0.4, 0.5) is 0 Å². The molecule has 0 bridgehead atoms. The fourth-order valence-electron chi connectivity index (χ4n) is 2.78. The van der Waals surface area contributed by atoms with Crippen molar-refractivity contribution in [2.24, 2.45) is 0 Å². The SMILES string of the molecule is C=Cc1cccc(C[N+](CC)(CC)CCCCS(=O)(=O)O)c1. The summed E-state index contributed by atoms with van der Waals surface area (Å²) in [6.45, 7) is 12.0. The molecule has 0 spiro atoms. The lowest BCUT2D eigenvalue weighted by molar-refractivity contribution is -0.938. The van der Waals surface area contributed by atoms with Crippen molar-refractivity contribution >= 4 is 16.2 Å². The second-order valence-corrected chi connectivity index (χ2v) is 7.37. The quantitative estimate of drug-likeness (QED) is 0.407. The van der Waals surface area contributed by atoms with Crippen LogP contribution in [-0.4, -0.2) is 42.8 Å². The molecule has 0 radical (unpaired) electrons. The maximum absolute atomic E-state index is 10.8. The van der Waals surface area contributed by atoms with Gasteiger partial charge in [0.15, 0.2) is 0 Å². The Morgan fingerprint density at radius 1 is 1.23 bits per heavy atom. The lowest BCUT2D eigenvalue weighted by Crippen LogP contribution is -2.47. The topological polar surface area (TPSA) is 54.4 Å². The number of hydrogen-bond acceptors (Lipinski definition) is 2. The van der Waals surface area contributed by atoms with Crippen molar-refractivity contribution in [2.75, 3.05) is 25.4 Å². The average Bonchev–Trinajstić information content (AvgIpc) is 2.49. The van der Waals surface area contributed by atoms with Gasteiger partial charge in [0.2, 0.25) is 0 Å². The van der Waals surface area contributed by atoms with E-state index in [9.17, 15) is 8.42 Å². The zero-order valence-electron chi connectivity index (χ0n) is 13.7. The van der Waals surface area contributed by atoms with Crippen molar-refractivity contribution in [3.63, 3.8) is 0 Å². The summed E-state index contributed by atoms with van der Waals surface area (Å²) in [7, 11) is -3.84. The molecule has 1 N–H and O–H groups in total. The van der Waals surface area contributed by atoms with Gasteiger partial charge in [-0.25, -0.2) is 0 Å². The van der Waals surface area contributed by atoms with E-state index in [1.807, 2.05) is 18.2 Å². The predicted octanol–water partition coefficient (Wildman–Crippen LogP) is 3.35. The normalized spacial score (nSPS) is 12.3. The lowest BCUT2D eigenvalue weighted by atomic mass is 10.1. The van der Waals surface area contributed by atoms with E-state index in [2.05, 4.69) is 32.6 Å². The van der Waals surface area contributed by atoms with Gasteiger partial charge in [0, 0.05) is 5.56 Å². The van der Waals surface area contributed by atoms with Crippen molar-refractivity contribution in [1.29, 1.82) is 0 Å². The van der Waals surface area contributed by atoms with Gasteiger partial charge in [-0.15, -0.1) is 0 Å². The maximum Gasteiger partial charge on any atom is 0.264 e. The van der Waals surface area contributed by atoms with Gasteiger partial charge in [-0.2, -0.15) is 8.42 Å². The molecule has 0 amide bonds. The summed E-state index contributed by atoms with van der Waals surface area (Å²) in [4.78, 5) is 0. The Labute approximate surface area is 134 Å². The number of hydrogen-bond donors (Lipinski definition) is 1. The zero-order chi connectivity index (χ0) is 16.6. The van der Waals surface area contributed by atoms with Crippen LogP contribution in [0.3, 0.4) is 0 Å². The first-order valence-corrected chi connectivity index (χ1v) is 9.46. The molecular formula is C17H28NO3S+. The molecule has 0 saturated carbocycles. The fraction of sp³-hybridized carbons (Fsp3) is 0.529. The summed E-state index contributed by atoms with van der Waals surface area (Å²) in [6.07, 6.45) is 3.15. The van der Waals surface area contributed by atoms with Crippen molar-refractivity contribution < 1.29 is 17.5 Å². The Kier molecular flexibility index (Phi) is 7.26. The van der Waals surface area contributed by atoms with E-state index in [-0.39, 0.29) is 5.75 Å². The van der Waals surface area contributed by atoms with E-state index in [1.165, 1.54) is 5.56 Å². The van der Waals surface area contributed by atoms with E-state index < -0.39 is 10.1 Å². The summed E-state index contributed by atoms with van der Waals surface area (Å²) in [5, 5.41) is 0. The molecule has 0 saturated heterocycles. The van der Waals surface area contributed by atoms with Crippen molar-refractivity contribution in [3.05, 3.63) is 42.0 Å². The molecule has 124 valence electrons. The standard InChI is InChI=1S/C17H27NO3S/c1-4-16-10-9-11-17(14-16)15-18(5-2,6-3)12-7-8-13-22(19,20)21/h4,9-11,14H,1,5-8,12-13,15H2,2-3H3/p+1. The highest BCUT2D eigenvalue weighted by molar-refractivity contribution is 7.85. The van der Waals surface area contributed by atoms with E-state index >= 15 is 0 Å². The second kappa shape index (κ2) is 8.46. The third-order valence-electron chi connectivity index (χ3n) is 4.33. The minimum Gasteiger partial charge on any atom is -0.320 e. The summed E-state index contributed by atoms with van der Waals surface area (Å²) >= 11 is 0. The summed E-state index contributed by atoms with van der Waals surface area (Å²) in [6, 6.07) is 8.37. The molecule has 0 heterocycles. The average molecular weight is 326 g/mol. The summed E-state index contributed by atoms with van der Waals surface area (Å²) in [5.74, 6) is -0.146. The van der Waals surface area contributed by atoms with Gasteiger partial charge in [0.05, 0.1) is 25.4 Å². The van der Waals surface area contributed by atoms with Crippen molar-refractivity contribution in [2.45, 2.75) is 33.2 Å². The Balaban J connectivity index is 2.71. The van der Waals surface area contributed by atoms with Crippen LogP contribution in [0.15, 0.2) is 30.8 Å². The first-order chi connectivity index (χ1) is 10.3. The molecular weight excluding hydrogens is 298 g/mol. The van der Waals surface area contributed by atoms with Crippen LogP contribution < -0.4 is 0 Å². The Morgan fingerprint density at radius 2 is 1.91 bits per heavy atom. The van der Waals surface area contributed by atoms with Crippen LogP contribution >= 0.6 is 0 Å². The highest BCUT2D eigenvalue weighted by Gasteiger charge is 2.23. The van der Waals surface area contributed by atoms with Crippen LogP contribution in [-0.2, 0) is 16.7 Å². The van der Waals surface area contributed by atoms with E-state index in [0.717, 1.165) is 42.6 Å². The van der Waals surface area contributed by atoms with Crippen LogP contribution in [0, 0.1) is 0 Å². The Morgan fingerprint density at radius 3 is 2.45 bits per heavy atom. The smallest absolute Gasteiger partial charge is 0.264 e. The van der Waals surface area contributed by atoms with Gasteiger partial charge in [-0.05, 0) is 38.3 Å². The zero-order valence-corrected chi connectivity index (χ0v) is 14.5. The number of benzene rings is 1. The van der Waals surface area contributed by atoms with Gasteiger partial charge >= 0.3 is 0 Å². The van der Waals surface area contributed by atoms with E-state index in [4.69, 9.17) is 4.55 Å². The Hall–Kier alpha value is -1.17. The molecule has 1 rings (SSSR count). The first kappa shape index (κ1) is 18.9. The third-order valence-corrected chi connectivity index (χ3v) is 5.14. The third kappa shape index (κ3) is 6.30. The lowest BCUT2D eigenvalue weighted by Gasteiger charge is -2.37. The molecule has 1 aromatic rings. The van der Waals surface area contributed by atoms with E-state index in [0.29, 0.717) is 6.42 Å². The van der Waals surface area contributed by atoms with Crippen LogP contribution in [0.5, 0.6) is 0 Å². The molecule has 0 aromatic heterocycles. The van der Waals surface area contributed by atoms with Gasteiger partial charge in [-0.1, -0.05) is 30.9 Å². The van der Waals surface area contributed by atoms with Gasteiger partial charge in [-0.3, -0.25) is 4.55 Å². The molecule has 4 nitrogen and oxygen atoms in total.